The van der Waals surface area contributed by atoms with Crippen molar-refractivity contribution in [1.29, 1.82) is 5.26 Å². The van der Waals surface area contributed by atoms with Crippen molar-refractivity contribution in [3.8, 4) is 34.4 Å². The number of aliphatic hydroxyl groups excluding tert-OH is 2. The minimum Gasteiger partial charge on any atom is -0.493 e. The molecule has 0 saturated carbocycles. The fourth-order valence-corrected chi connectivity index (χ4v) is 6.79. The number of aromatic nitrogens is 1. The van der Waals surface area contributed by atoms with Crippen molar-refractivity contribution >= 4 is 23.5 Å². The van der Waals surface area contributed by atoms with E-state index in [1.165, 1.54) is 6.20 Å². The molecule has 0 amide bonds. The molecule has 1 aromatic heterocycles. The molecule has 290 valence electrons. The van der Waals surface area contributed by atoms with E-state index in [0.29, 0.717) is 67.3 Å². The van der Waals surface area contributed by atoms with Gasteiger partial charge in [-0.05, 0) is 79.3 Å². The van der Waals surface area contributed by atoms with Gasteiger partial charge in [0.1, 0.15) is 48.0 Å². The minimum absolute atomic E-state index is 0.0309. The molecule has 0 spiro atoms. The Morgan fingerprint density at radius 1 is 0.964 bits per heavy atom. The number of carbonyl (C=O) groups is 2. The van der Waals surface area contributed by atoms with E-state index in [1.54, 1.807) is 24.4 Å². The van der Waals surface area contributed by atoms with Crippen LogP contribution >= 0.6 is 11.6 Å². The highest BCUT2D eigenvalue weighted by Crippen LogP contribution is 2.37. The molecule has 1 fully saturated rings. The van der Waals surface area contributed by atoms with Crippen LogP contribution in [0.25, 0.3) is 11.1 Å². The lowest BCUT2D eigenvalue weighted by atomic mass is 9.88. The zero-order valence-corrected chi connectivity index (χ0v) is 31.5. The Hall–Kier alpha value is -5.23. The largest absolute Gasteiger partial charge is 0.493 e. The summed E-state index contributed by atoms with van der Waals surface area (Å²) in [6.45, 7) is 5.43. The van der Waals surface area contributed by atoms with Crippen LogP contribution in [0.1, 0.15) is 46.2 Å². The predicted octanol–water partition coefficient (Wildman–Crippen LogP) is 5.12. The molecular formula is C41H45ClN4O9. The third kappa shape index (κ3) is 10.1. The number of ether oxygens (including phenoxy) is 3. The lowest BCUT2D eigenvalue weighted by Crippen LogP contribution is -2.39. The van der Waals surface area contributed by atoms with E-state index in [1.807, 2.05) is 50.2 Å². The number of carboxylic acid groups (broad SMARTS) is 2. The Kier molecular flexibility index (Phi) is 14.1. The number of hydrogen-bond donors (Lipinski definition) is 5. The number of carboxylic acids is 2. The number of nitrogens with one attached hydrogen (secondary N) is 1. The van der Waals surface area contributed by atoms with E-state index in [4.69, 9.17) is 25.8 Å². The normalized spacial score (nSPS) is 16.0. The van der Waals surface area contributed by atoms with Gasteiger partial charge in [0.05, 0.1) is 30.4 Å². The molecule has 13 nitrogen and oxygen atoms in total. The molecule has 1 saturated heterocycles. The van der Waals surface area contributed by atoms with Crippen LogP contribution in [0.4, 0.5) is 0 Å². The van der Waals surface area contributed by atoms with E-state index in [9.17, 15) is 35.3 Å². The molecule has 0 aliphatic carbocycles. The smallest absolute Gasteiger partial charge is 0.323 e. The summed E-state index contributed by atoms with van der Waals surface area (Å²) in [7, 11) is 0. The summed E-state index contributed by atoms with van der Waals surface area (Å²) in [5, 5.41) is 50.4. The Labute approximate surface area is 324 Å². The second kappa shape index (κ2) is 18.9. The number of aliphatic carboxylic acids is 2. The molecule has 0 radical (unpaired) electrons. The Bertz CT molecular complexity index is 2040. The van der Waals surface area contributed by atoms with E-state index in [2.05, 4.69) is 21.3 Å². The van der Waals surface area contributed by atoms with Gasteiger partial charge >= 0.3 is 11.9 Å². The predicted molar refractivity (Wildman–Crippen MR) is 204 cm³/mol. The fourth-order valence-electron chi connectivity index (χ4n) is 6.55. The highest BCUT2D eigenvalue weighted by molar-refractivity contribution is 6.32. The maximum atomic E-state index is 11.7. The number of benzene rings is 3. The summed E-state index contributed by atoms with van der Waals surface area (Å²) < 4.78 is 18.6. The van der Waals surface area contributed by atoms with Crippen LogP contribution in [0, 0.1) is 30.6 Å². The quantitative estimate of drug-likeness (QED) is 0.0789. The van der Waals surface area contributed by atoms with Crippen LogP contribution in [0.5, 0.6) is 17.2 Å². The maximum Gasteiger partial charge on any atom is 0.323 e. The van der Waals surface area contributed by atoms with E-state index >= 15 is 0 Å². The van der Waals surface area contributed by atoms with Crippen LogP contribution in [-0.2, 0) is 29.3 Å². The molecule has 1 unspecified atom stereocenters. The molecule has 5 rings (SSSR count). The van der Waals surface area contributed by atoms with Gasteiger partial charge in [-0.2, -0.15) is 5.26 Å². The van der Waals surface area contributed by atoms with Gasteiger partial charge in [0, 0.05) is 49.2 Å². The van der Waals surface area contributed by atoms with Crippen molar-refractivity contribution < 1.29 is 44.2 Å². The zero-order chi connectivity index (χ0) is 39.5. The van der Waals surface area contributed by atoms with Gasteiger partial charge in [0.15, 0.2) is 0 Å². The minimum atomic E-state index is -1.20. The third-order valence-corrected chi connectivity index (χ3v) is 10.2. The first-order valence-electron chi connectivity index (χ1n) is 17.9. The average Bonchev–Trinajstić information content (AvgIpc) is 3.62. The zero-order valence-electron chi connectivity index (χ0n) is 30.8. The first-order valence-corrected chi connectivity index (χ1v) is 18.2. The van der Waals surface area contributed by atoms with Crippen LogP contribution in [0.15, 0.2) is 67.0 Å². The molecule has 0 bridgehead atoms. The van der Waals surface area contributed by atoms with E-state index in [-0.39, 0.29) is 31.4 Å². The molecule has 14 heteroatoms. The molecule has 2 heterocycles. The highest BCUT2D eigenvalue weighted by Gasteiger charge is 2.44. The lowest BCUT2D eigenvalue weighted by Gasteiger charge is -2.22. The van der Waals surface area contributed by atoms with Crippen LogP contribution in [0.2, 0.25) is 5.02 Å². The van der Waals surface area contributed by atoms with Crippen LogP contribution in [0.3, 0.4) is 0 Å². The topological polar surface area (TPSA) is 195 Å². The second-order valence-corrected chi connectivity index (χ2v) is 14.0. The van der Waals surface area contributed by atoms with Gasteiger partial charge in [-0.25, -0.2) is 0 Å². The molecule has 2 atom stereocenters. The Morgan fingerprint density at radius 2 is 1.71 bits per heavy atom. The molecule has 1 aliphatic heterocycles. The fraction of sp³-hybridized carbons (Fsp3) is 0.366. The lowest BCUT2D eigenvalue weighted by molar-refractivity contribution is -0.150. The number of nitrogens with zero attached hydrogens (tertiary/aromatic N) is 3. The van der Waals surface area contributed by atoms with Gasteiger partial charge in [-0.15, -0.1) is 0 Å². The molecule has 55 heavy (non-hydrogen) atoms. The van der Waals surface area contributed by atoms with Crippen molar-refractivity contribution in [2.24, 2.45) is 5.41 Å². The van der Waals surface area contributed by atoms with Crippen LogP contribution < -0.4 is 19.5 Å². The first kappa shape index (κ1) is 40.9. The number of rotatable bonds is 19. The summed E-state index contributed by atoms with van der Waals surface area (Å²) in [5.74, 6) is -0.689. The van der Waals surface area contributed by atoms with Crippen molar-refractivity contribution in [3.05, 3.63) is 105 Å². The van der Waals surface area contributed by atoms with Crippen LogP contribution in [-0.4, -0.2) is 87.7 Å². The molecular weight excluding hydrogens is 728 g/mol. The number of hydrogen-bond acceptors (Lipinski definition) is 11. The summed E-state index contributed by atoms with van der Waals surface area (Å²) >= 11 is 6.69. The standard InChI is InChI=1S/C41H45ClN4O9/c1-26-30(6-3-7-32(26)33-8-4-9-36(27(33)2)53-13-5-11-46-12-10-41(24-46,25-48)40(51)52)23-55-38-16-37(54-22-29-14-28(17-43)18-44-19-29)31(15-34(38)42)20-45-35(21-47)39(49)50/h3-4,6-9,14-16,18-19,35,45,47-48H,5,10-13,20-25H2,1-2H3,(H,49,50)(H,51,52)/t35-,41?/m1/s1. The number of pyridine rings is 1. The van der Waals surface area contributed by atoms with Crippen molar-refractivity contribution in [2.45, 2.75) is 52.5 Å². The summed E-state index contributed by atoms with van der Waals surface area (Å²) in [6, 6.07) is 17.7. The maximum absolute atomic E-state index is 11.7. The average molecular weight is 773 g/mol. The van der Waals surface area contributed by atoms with Gasteiger partial charge in [-0.3, -0.25) is 19.9 Å². The molecule has 1 aliphatic rings. The van der Waals surface area contributed by atoms with Gasteiger partial charge < -0.3 is 39.5 Å². The number of likely N-dealkylation sites (tertiary alicyclic amines) is 1. The third-order valence-electron chi connectivity index (χ3n) is 9.92. The molecule has 4 aromatic rings. The number of aliphatic hydroxyl groups is 2. The van der Waals surface area contributed by atoms with Crippen molar-refractivity contribution in [1.82, 2.24) is 15.2 Å². The van der Waals surface area contributed by atoms with Crippen molar-refractivity contribution in [3.63, 3.8) is 0 Å². The number of nitriles is 1. The summed E-state index contributed by atoms with van der Waals surface area (Å²) in [4.78, 5) is 29.3. The summed E-state index contributed by atoms with van der Waals surface area (Å²) in [6.07, 6.45) is 4.17. The second-order valence-electron chi connectivity index (χ2n) is 13.6. The van der Waals surface area contributed by atoms with E-state index in [0.717, 1.165) is 33.6 Å². The Balaban J connectivity index is 1.28. The monoisotopic (exact) mass is 772 g/mol. The van der Waals surface area contributed by atoms with Gasteiger partial charge in [-0.1, -0.05) is 41.9 Å². The first-order chi connectivity index (χ1) is 26.5. The molecule has 5 N–H and O–H groups in total. The number of halogens is 1. The van der Waals surface area contributed by atoms with Gasteiger partial charge in [0.2, 0.25) is 0 Å². The van der Waals surface area contributed by atoms with Crippen molar-refractivity contribution in [2.75, 3.05) is 39.5 Å². The van der Waals surface area contributed by atoms with E-state index < -0.39 is 30.0 Å². The molecule has 3 aromatic carbocycles. The highest BCUT2D eigenvalue weighted by atomic mass is 35.5. The SMILES string of the molecule is Cc1c(COc2cc(OCc3cncc(C#N)c3)c(CN[C@H](CO)C(=O)O)cc2Cl)cccc1-c1cccc(OCCCN2CCC(CO)(C(=O)O)C2)c1C. The summed E-state index contributed by atoms with van der Waals surface area (Å²) in [5.41, 5.74) is 5.41. The van der Waals surface area contributed by atoms with Gasteiger partial charge in [0.25, 0.3) is 0 Å². The Morgan fingerprint density at radius 3 is 2.40 bits per heavy atom.